The Balaban J connectivity index is 2.68. The van der Waals surface area contributed by atoms with Crippen LogP contribution in [0.3, 0.4) is 0 Å². The van der Waals surface area contributed by atoms with Crippen molar-refractivity contribution in [3.63, 3.8) is 0 Å². The van der Waals surface area contributed by atoms with Crippen LogP contribution in [0.1, 0.15) is 24.5 Å². The average molecular weight is 192 g/mol. The number of nitriles is 1. The van der Waals surface area contributed by atoms with Gasteiger partial charge < -0.3 is 5.32 Å². The third kappa shape index (κ3) is 3.15. The van der Waals surface area contributed by atoms with Gasteiger partial charge in [0.2, 0.25) is 0 Å². The quantitative estimate of drug-likeness (QED) is 0.742. The van der Waals surface area contributed by atoms with Crippen LogP contribution in [-0.4, -0.2) is 6.54 Å². The molecule has 1 aromatic carbocycles. The Hall–Kier alpha value is -1.40. The summed E-state index contributed by atoms with van der Waals surface area (Å²) in [5.41, 5.74) is 1.19. The van der Waals surface area contributed by atoms with Crippen LogP contribution in [0.2, 0.25) is 0 Å². The molecule has 0 atom stereocenters. The minimum Gasteiger partial charge on any atom is -0.313 e. The first-order valence-corrected chi connectivity index (χ1v) is 4.66. The molecule has 0 radical (unpaired) electrons. The fraction of sp³-hybridized carbons (Fsp3) is 0.364. The Morgan fingerprint density at radius 1 is 1.43 bits per heavy atom. The van der Waals surface area contributed by atoms with E-state index in [9.17, 15) is 4.39 Å². The highest BCUT2D eigenvalue weighted by Crippen LogP contribution is 2.08. The molecule has 0 aromatic heterocycles. The van der Waals surface area contributed by atoms with Gasteiger partial charge in [-0.2, -0.15) is 5.26 Å². The van der Waals surface area contributed by atoms with E-state index in [4.69, 9.17) is 5.26 Å². The largest absolute Gasteiger partial charge is 0.313 e. The smallest absolute Gasteiger partial charge is 0.124 e. The van der Waals surface area contributed by atoms with Crippen LogP contribution >= 0.6 is 0 Å². The molecular weight excluding hydrogens is 179 g/mol. The lowest BCUT2D eigenvalue weighted by Gasteiger charge is -2.03. The lowest BCUT2D eigenvalue weighted by molar-refractivity contribution is 0.618. The molecule has 0 fully saturated rings. The Morgan fingerprint density at radius 2 is 2.21 bits per heavy atom. The summed E-state index contributed by atoms with van der Waals surface area (Å²) in [6, 6.07) is 6.32. The van der Waals surface area contributed by atoms with Crippen molar-refractivity contribution in [1.82, 2.24) is 5.32 Å². The van der Waals surface area contributed by atoms with Gasteiger partial charge >= 0.3 is 0 Å². The van der Waals surface area contributed by atoms with Crippen LogP contribution in [-0.2, 0) is 6.54 Å². The van der Waals surface area contributed by atoms with E-state index in [-0.39, 0.29) is 5.82 Å². The predicted octanol–water partition coefficient (Wildman–Crippen LogP) is 2.20. The van der Waals surface area contributed by atoms with Gasteiger partial charge in [-0.3, -0.25) is 0 Å². The average Bonchev–Trinajstić information content (AvgIpc) is 2.17. The Bertz CT molecular complexity index is 342. The van der Waals surface area contributed by atoms with Gasteiger partial charge in [-0.15, -0.1) is 0 Å². The van der Waals surface area contributed by atoms with E-state index in [1.165, 1.54) is 12.1 Å². The van der Waals surface area contributed by atoms with Gasteiger partial charge in [-0.05, 0) is 36.7 Å². The summed E-state index contributed by atoms with van der Waals surface area (Å²) in [6.45, 7) is 3.58. The Labute approximate surface area is 83.4 Å². The van der Waals surface area contributed by atoms with Crippen molar-refractivity contribution in [2.75, 3.05) is 6.54 Å². The highest BCUT2D eigenvalue weighted by atomic mass is 19.1. The van der Waals surface area contributed by atoms with E-state index in [2.05, 4.69) is 12.2 Å². The molecule has 0 aliphatic rings. The van der Waals surface area contributed by atoms with Crippen molar-refractivity contribution in [2.24, 2.45) is 0 Å². The topological polar surface area (TPSA) is 35.8 Å². The van der Waals surface area contributed by atoms with Gasteiger partial charge in [-0.1, -0.05) is 6.92 Å². The van der Waals surface area contributed by atoms with E-state index < -0.39 is 0 Å². The lowest BCUT2D eigenvalue weighted by atomic mass is 10.1. The number of rotatable bonds is 4. The van der Waals surface area contributed by atoms with Crippen molar-refractivity contribution < 1.29 is 4.39 Å². The zero-order chi connectivity index (χ0) is 10.4. The maximum Gasteiger partial charge on any atom is 0.124 e. The fourth-order valence-electron chi connectivity index (χ4n) is 1.23. The summed E-state index contributed by atoms with van der Waals surface area (Å²) >= 11 is 0. The molecule has 0 heterocycles. The molecule has 0 amide bonds. The molecule has 0 aliphatic carbocycles. The SMILES string of the molecule is CCCNCc1cc(F)cc(C#N)c1. The summed E-state index contributed by atoms with van der Waals surface area (Å²) < 4.78 is 12.9. The molecule has 2 nitrogen and oxygen atoms in total. The predicted molar refractivity (Wildman–Crippen MR) is 53.1 cm³/mol. The number of hydrogen-bond acceptors (Lipinski definition) is 2. The van der Waals surface area contributed by atoms with Crippen molar-refractivity contribution in [1.29, 1.82) is 5.26 Å². The molecule has 1 aromatic rings. The molecule has 0 spiro atoms. The molecule has 0 saturated carbocycles. The van der Waals surface area contributed by atoms with Crippen molar-refractivity contribution >= 4 is 0 Å². The van der Waals surface area contributed by atoms with E-state index in [0.717, 1.165) is 18.5 Å². The van der Waals surface area contributed by atoms with E-state index >= 15 is 0 Å². The van der Waals surface area contributed by atoms with Gasteiger partial charge in [0.05, 0.1) is 11.6 Å². The summed E-state index contributed by atoms with van der Waals surface area (Å²) in [6.07, 6.45) is 1.04. The summed E-state index contributed by atoms with van der Waals surface area (Å²) in [5, 5.41) is 11.8. The number of hydrogen-bond donors (Lipinski definition) is 1. The summed E-state index contributed by atoms with van der Waals surface area (Å²) in [4.78, 5) is 0. The zero-order valence-corrected chi connectivity index (χ0v) is 8.18. The second-order valence-corrected chi connectivity index (χ2v) is 3.14. The molecule has 0 bridgehead atoms. The molecule has 0 unspecified atom stereocenters. The van der Waals surface area contributed by atoms with Crippen LogP contribution in [0.4, 0.5) is 4.39 Å². The van der Waals surface area contributed by atoms with Crippen LogP contribution in [0, 0.1) is 17.1 Å². The molecule has 0 saturated heterocycles. The van der Waals surface area contributed by atoms with Crippen LogP contribution < -0.4 is 5.32 Å². The number of nitrogens with zero attached hydrogens (tertiary/aromatic N) is 1. The zero-order valence-electron chi connectivity index (χ0n) is 8.18. The van der Waals surface area contributed by atoms with E-state index in [0.29, 0.717) is 12.1 Å². The second-order valence-electron chi connectivity index (χ2n) is 3.14. The molecule has 14 heavy (non-hydrogen) atoms. The first-order valence-electron chi connectivity index (χ1n) is 4.66. The minimum atomic E-state index is -0.350. The highest BCUT2D eigenvalue weighted by molar-refractivity contribution is 5.33. The summed E-state index contributed by atoms with van der Waals surface area (Å²) in [5.74, 6) is -0.350. The van der Waals surface area contributed by atoms with Gasteiger partial charge in [0.25, 0.3) is 0 Å². The normalized spacial score (nSPS) is 9.79. The number of halogens is 1. The maximum absolute atomic E-state index is 12.9. The maximum atomic E-state index is 12.9. The lowest BCUT2D eigenvalue weighted by Crippen LogP contribution is -2.13. The van der Waals surface area contributed by atoms with Crippen LogP contribution in [0.15, 0.2) is 18.2 Å². The van der Waals surface area contributed by atoms with Crippen LogP contribution in [0.25, 0.3) is 0 Å². The number of benzene rings is 1. The van der Waals surface area contributed by atoms with E-state index in [1.807, 2.05) is 6.07 Å². The third-order valence-corrected chi connectivity index (χ3v) is 1.84. The van der Waals surface area contributed by atoms with E-state index in [1.54, 1.807) is 6.07 Å². The van der Waals surface area contributed by atoms with Gasteiger partial charge in [0, 0.05) is 6.54 Å². The molecule has 3 heteroatoms. The Morgan fingerprint density at radius 3 is 2.86 bits per heavy atom. The molecule has 0 aliphatic heterocycles. The Kier molecular flexibility index (Phi) is 4.09. The van der Waals surface area contributed by atoms with Gasteiger partial charge in [0.1, 0.15) is 5.82 Å². The third-order valence-electron chi connectivity index (χ3n) is 1.84. The van der Waals surface area contributed by atoms with Crippen molar-refractivity contribution in [2.45, 2.75) is 19.9 Å². The minimum absolute atomic E-state index is 0.350. The molecule has 1 rings (SSSR count). The standard InChI is InChI=1S/C11H13FN2/c1-2-3-14-8-10-4-9(7-13)5-11(12)6-10/h4-6,14H,2-3,8H2,1H3. The number of nitrogens with one attached hydrogen (secondary N) is 1. The molecule has 74 valence electrons. The van der Waals surface area contributed by atoms with Gasteiger partial charge in [-0.25, -0.2) is 4.39 Å². The van der Waals surface area contributed by atoms with Crippen molar-refractivity contribution in [3.8, 4) is 6.07 Å². The first-order chi connectivity index (χ1) is 6.76. The molecule has 1 N–H and O–H groups in total. The monoisotopic (exact) mass is 192 g/mol. The highest BCUT2D eigenvalue weighted by Gasteiger charge is 1.99. The first kappa shape index (κ1) is 10.7. The summed E-state index contributed by atoms with van der Waals surface area (Å²) in [7, 11) is 0. The fourth-order valence-corrected chi connectivity index (χ4v) is 1.23. The van der Waals surface area contributed by atoms with Gasteiger partial charge in [0.15, 0.2) is 0 Å². The van der Waals surface area contributed by atoms with Crippen molar-refractivity contribution in [3.05, 3.63) is 35.1 Å². The van der Waals surface area contributed by atoms with Crippen LogP contribution in [0.5, 0.6) is 0 Å². The second kappa shape index (κ2) is 5.36. The molecular formula is C11H13FN2.